The molecule has 102 valence electrons. The van der Waals surface area contributed by atoms with Crippen molar-refractivity contribution in [2.24, 2.45) is 0 Å². The molecule has 1 amide bonds. The molecule has 0 unspecified atom stereocenters. The van der Waals surface area contributed by atoms with Crippen molar-refractivity contribution in [1.82, 2.24) is 5.32 Å². The minimum absolute atomic E-state index is 0.00735. The molecular formula is C13H16N2O4. The van der Waals surface area contributed by atoms with Gasteiger partial charge >= 0.3 is 0 Å². The number of benzene rings is 1. The van der Waals surface area contributed by atoms with Crippen LogP contribution in [0.25, 0.3) is 0 Å². The van der Waals surface area contributed by atoms with Crippen molar-refractivity contribution < 1.29 is 14.8 Å². The first-order chi connectivity index (χ1) is 8.98. The lowest BCUT2D eigenvalue weighted by atomic mass is 9.80. The van der Waals surface area contributed by atoms with E-state index in [4.69, 9.17) is 0 Å². The highest BCUT2D eigenvalue weighted by Crippen LogP contribution is 2.30. The van der Waals surface area contributed by atoms with E-state index in [1.807, 2.05) is 0 Å². The van der Waals surface area contributed by atoms with Crippen LogP contribution < -0.4 is 5.32 Å². The lowest BCUT2D eigenvalue weighted by Crippen LogP contribution is -2.48. The normalized spacial score (nSPS) is 16.5. The molecule has 0 aromatic heterocycles. The average Bonchev–Trinajstić information content (AvgIpc) is 2.35. The Labute approximate surface area is 110 Å². The number of nitro groups is 1. The first kappa shape index (κ1) is 13.5. The summed E-state index contributed by atoms with van der Waals surface area (Å²) in [5, 5.41) is 23.0. The van der Waals surface area contributed by atoms with E-state index in [1.54, 1.807) is 12.1 Å². The Balaban J connectivity index is 1.83. The van der Waals surface area contributed by atoms with Gasteiger partial charge in [0.05, 0.1) is 16.9 Å². The number of aliphatic hydroxyl groups is 1. The molecule has 1 saturated carbocycles. The first-order valence-electron chi connectivity index (χ1n) is 6.21. The van der Waals surface area contributed by atoms with E-state index < -0.39 is 10.5 Å². The number of hydrogen-bond donors (Lipinski definition) is 2. The smallest absolute Gasteiger partial charge is 0.269 e. The molecule has 0 radical (unpaired) electrons. The molecule has 2 N–H and O–H groups in total. The predicted octanol–water partition coefficient (Wildman–Crippen LogP) is 1.17. The third-order valence-corrected chi connectivity index (χ3v) is 3.41. The van der Waals surface area contributed by atoms with Crippen LogP contribution in [-0.2, 0) is 11.2 Å². The second-order valence-electron chi connectivity index (χ2n) is 4.95. The number of carbonyl (C=O) groups is 1. The van der Waals surface area contributed by atoms with E-state index in [1.165, 1.54) is 12.1 Å². The Kier molecular flexibility index (Phi) is 3.80. The number of nitrogens with zero attached hydrogens (tertiary/aromatic N) is 1. The zero-order chi connectivity index (χ0) is 13.9. The number of hydrogen-bond acceptors (Lipinski definition) is 4. The van der Waals surface area contributed by atoms with Crippen LogP contribution in [0.1, 0.15) is 24.8 Å². The zero-order valence-electron chi connectivity index (χ0n) is 10.5. The Morgan fingerprint density at radius 1 is 1.37 bits per heavy atom. The maximum Gasteiger partial charge on any atom is 0.269 e. The van der Waals surface area contributed by atoms with Gasteiger partial charge in [-0.2, -0.15) is 0 Å². The summed E-state index contributed by atoms with van der Waals surface area (Å²) in [6.45, 7) is 0.277. The van der Waals surface area contributed by atoms with Gasteiger partial charge in [0.2, 0.25) is 5.91 Å². The van der Waals surface area contributed by atoms with Crippen LogP contribution in [0.15, 0.2) is 24.3 Å². The molecule has 0 aliphatic heterocycles. The van der Waals surface area contributed by atoms with Crippen LogP contribution in [0.2, 0.25) is 0 Å². The number of amides is 1. The van der Waals surface area contributed by atoms with Crippen molar-refractivity contribution in [3.63, 3.8) is 0 Å². The van der Waals surface area contributed by atoms with Gasteiger partial charge in [0.15, 0.2) is 0 Å². The molecular weight excluding hydrogens is 248 g/mol. The van der Waals surface area contributed by atoms with Crippen LogP contribution in [0, 0.1) is 10.1 Å². The number of nitro benzene ring substituents is 1. The zero-order valence-corrected chi connectivity index (χ0v) is 10.5. The predicted molar refractivity (Wildman–Crippen MR) is 68.6 cm³/mol. The summed E-state index contributed by atoms with van der Waals surface area (Å²) in [5.41, 5.74) is -0.0119. The molecule has 6 heteroatoms. The van der Waals surface area contributed by atoms with Crippen molar-refractivity contribution in [3.05, 3.63) is 39.9 Å². The molecule has 0 bridgehead atoms. The molecule has 6 nitrogen and oxygen atoms in total. The highest BCUT2D eigenvalue weighted by atomic mass is 16.6. The van der Waals surface area contributed by atoms with Crippen LogP contribution in [0.5, 0.6) is 0 Å². The van der Waals surface area contributed by atoms with Gasteiger partial charge in [0, 0.05) is 18.7 Å². The van der Waals surface area contributed by atoms with Crippen molar-refractivity contribution >= 4 is 11.6 Å². The second kappa shape index (κ2) is 5.36. The SMILES string of the molecule is O=C(Cc1ccc([N+](=O)[O-])cc1)NCC1(O)CCC1. The van der Waals surface area contributed by atoms with Crippen LogP contribution in [-0.4, -0.2) is 28.1 Å². The molecule has 1 aliphatic rings. The van der Waals surface area contributed by atoms with Crippen LogP contribution in [0.3, 0.4) is 0 Å². The number of nitrogens with one attached hydrogen (secondary N) is 1. The van der Waals surface area contributed by atoms with E-state index >= 15 is 0 Å². The Bertz CT molecular complexity index is 480. The van der Waals surface area contributed by atoms with Gasteiger partial charge in [0.1, 0.15) is 0 Å². The number of non-ortho nitro benzene ring substituents is 1. The summed E-state index contributed by atoms with van der Waals surface area (Å²) in [5.74, 6) is -0.186. The minimum atomic E-state index is -0.731. The summed E-state index contributed by atoms with van der Waals surface area (Å²) in [7, 11) is 0. The summed E-state index contributed by atoms with van der Waals surface area (Å²) < 4.78 is 0. The van der Waals surface area contributed by atoms with Gasteiger partial charge in [-0.1, -0.05) is 12.1 Å². The fourth-order valence-electron chi connectivity index (χ4n) is 2.01. The monoisotopic (exact) mass is 264 g/mol. The van der Waals surface area contributed by atoms with Crippen molar-refractivity contribution in [1.29, 1.82) is 0 Å². The molecule has 0 saturated heterocycles. The van der Waals surface area contributed by atoms with E-state index in [0.29, 0.717) is 5.56 Å². The molecule has 1 aromatic carbocycles. The van der Waals surface area contributed by atoms with Crippen molar-refractivity contribution in [2.75, 3.05) is 6.54 Å². The highest BCUT2D eigenvalue weighted by molar-refractivity contribution is 5.78. The third-order valence-electron chi connectivity index (χ3n) is 3.41. The quantitative estimate of drug-likeness (QED) is 0.616. The fraction of sp³-hybridized carbons (Fsp3) is 0.462. The van der Waals surface area contributed by atoms with E-state index in [-0.39, 0.29) is 24.6 Å². The molecule has 0 spiro atoms. The minimum Gasteiger partial charge on any atom is -0.388 e. The summed E-state index contributed by atoms with van der Waals surface area (Å²) >= 11 is 0. The fourth-order valence-corrected chi connectivity index (χ4v) is 2.01. The van der Waals surface area contributed by atoms with Gasteiger partial charge in [-0.15, -0.1) is 0 Å². The summed E-state index contributed by atoms with van der Waals surface area (Å²) in [6.07, 6.45) is 2.61. The second-order valence-corrected chi connectivity index (χ2v) is 4.95. The standard InChI is InChI=1S/C13H16N2O4/c16-12(14-9-13(17)6-1-7-13)8-10-2-4-11(5-3-10)15(18)19/h2-5,17H,1,6-9H2,(H,14,16). The first-order valence-corrected chi connectivity index (χ1v) is 6.21. The molecule has 19 heavy (non-hydrogen) atoms. The maximum atomic E-state index is 11.7. The van der Waals surface area contributed by atoms with Gasteiger partial charge < -0.3 is 10.4 Å². The number of rotatable bonds is 5. The molecule has 0 atom stereocenters. The lowest BCUT2D eigenvalue weighted by molar-refractivity contribution is -0.384. The Morgan fingerprint density at radius 2 is 2.00 bits per heavy atom. The van der Waals surface area contributed by atoms with Crippen LogP contribution >= 0.6 is 0 Å². The summed E-state index contributed by atoms with van der Waals surface area (Å²) in [4.78, 5) is 21.7. The summed E-state index contributed by atoms with van der Waals surface area (Å²) in [6, 6.07) is 5.88. The maximum absolute atomic E-state index is 11.7. The van der Waals surface area contributed by atoms with Crippen LogP contribution in [0.4, 0.5) is 5.69 Å². The Morgan fingerprint density at radius 3 is 2.47 bits per heavy atom. The van der Waals surface area contributed by atoms with Gasteiger partial charge in [-0.05, 0) is 24.8 Å². The third kappa shape index (κ3) is 3.51. The topological polar surface area (TPSA) is 92.5 Å². The van der Waals surface area contributed by atoms with E-state index in [2.05, 4.69) is 5.32 Å². The van der Waals surface area contributed by atoms with E-state index in [0.717, 1.165) is 19.3 Å². The average molecular weight is 264 g/mol. The lowest BCUT2D eigenvalue weighted by Gasteiger charge is -2.36. The largest absolute Gasteiger partial charge is 0.388 e. The van der Waals surface area contributed by atoms with E-state index in [9.17, 15) is 20.0 Å². The molecule has 1 aliphatic carbocycles. The molecule has 1 aromatic rings. The molecule has 0 heterocycles. The highest BCUT2D eigenvalue weighted by Gasteiger charge is 2.34. The van der Waals surface area contributed by atoms with Gasteiger partial charge in [-0.25, -0.2) is 0 Å². The molecule has 1 fully saturated rings. The van der Waals surface area contributed by atoms with Crippen molar-refractivity contribution in [3.8, 4) is 0 Å². The van der Waals surface area contributed by atoms with Gasteiger partial charge in [-0.3, -0.25) is 14.9 Å². The number of carbonyl (C=O) groups excluding carboxylic acids is 1. The molecule has 2 rings (SSSR count). The van der Waals surface area contributed by atoms with Crippen molar-refractivity contribution in [2.45, 2.75) is 31.3 Å². The Hall–Kier alpha value is -1.95. The van der Waals surface area contributed by atoms with Gasteiger partial charge in [0.25, 0.3) is 5.69 Å².